The maximum absolute atomic E-state index is 12.0. The average Bonchev–Trinajstić information content (AvgIpc) is 0.814. The normalized spacial score (nSPS) is 9.68. The molecule has 150 heavy (non-hydrogen) atoms. The molecular formula is C98H139AlBBrCl4LiN15NaO26PS. The van der Waals surface area contributed by atoms with Crippen LogP contribution in [0, 0.1) is 39.0 Å². The van der Waals surface area contributed by atoms with Gasteiger partial charge in [-0.2, -0.15) is 4.98 Å². The molecule has 0 spiro atoms. The fourth-order valence-corrected chi connectivity index (χ4v) is 12.7. The van der Waals surface area contributed by atoms with Gasteiger partial charge in [0.2, 0.25) is 17.8 Å². The second-order valence-corrected chi connectivity index (χ2v) is 36.9. The first-order valence-corrected chi connectivity index (χ1v) is 49.7. The maximum atomic E-state index is 12.0. The number of carbonyl (C=O) groups excluding carboxylic acids is 10. The van der Waals surface area contributed by atoms with E-state index in [-0.39, 0.29) is 173 Å². The van der Waals surface area contributed by atoms with Crippen molar-refractivity contribution in [2.45, 2.75) is 147 Å². The molecule has 9 aromatic rings. The molecule has 6 aromatic carbocycles. The molecule has 0 saturated heterocycles. The number of methoxy groups -OCH3 is 12. The number of nitrogens with two attached hydrogens (primary N) is 6. The second kappa shape index (κ2) is 84.5. The minimum atomic E-state index is -3.22. The summed E-state index contributed by atoms with van der Waals surface area (Å²) in [4.78, 5) is 149. The number of H-pyrrole nitrogens is 1. The number of aromatic amines is 1. The molecule has 0 amide bonds. The van der Waals surface area contributed by atoms with Crippen molar-refractivity contribution < 1.29 is 170 Å². The van der Waals surface area contributed by atoms with Crippen LogP contribution >= 0.6 is 79.3 Å². The van der Waals surface area contributed by atoms with Gasteiger partial charge in [0, 0.05) is 82.1 Å². The van der Waals surface area contributed by atoms with E-state index in [9.17, 15) is 57.3 Å². The van der Waals surface area contributed by atoms with E-state index < -0.39 is 41.0 Å². The molecular weight excluding hydrogens is 2160 g/mol. The molecule has 0 saturated carbocycles. The van der Waals surface area contributed by atoms with E-state index in [1.807, 2.05) is 13.8 Å². The molecule has 0 fully saturated rings. The zero-order valence-electron chi connectivity index (χ0n) is 89.6. The molecule has 3 heterocycles. The number of aromatic nitrogens is 6. The van der Waals surface area contributed by atoms with Crippen LogP contribution in [0.25, 0.3) is 0 Å². The van der Waals surface area contributed by atoms with Crippen LogP contribution in [0.1, 0.15) is 221 Å². The summed E-state index contributed by atoms with van der Waals surface area (Å²) in [5.74, 6) is -0.102. The number of alkyl halides is 1. The van der Waals surface area contributed by atoms with Gasteiger partial charge >= 0.3 is 126 Å². The van der Waals surface area contributed by atoms with E-state index in [1.165, 1.54) is 83.6 Å². The number of carbonyl (C=O) groups is 10. The second-order valence-electron chi connectivity index (χ2n) is 29.1. The van der Waals surface area contributed by atoms with Crippen molar-refractivity contribution in [3.8, 4) is 34.5 Å². The van der Waals surface area contributed by atoms with E-state index in [4.69, 9.17) is 87.3 Å². The molecule has 52 heteroatoms. The van der Waals surface area contributed by atoms with Crippen molar-refractivity contribution in [1.82, 2.24) is 29.9 Å². The number of nitrogens with one attached hydrogen (secondary N) is 3. The Hall–Kier alpha value is -11.1. The molecule has 1 unspecified atom stereocenters. The number of anilines is 4. The van der Waals surface area contributed by atoms with E-state index in [1.54, 1.807) is 165 Å². The van der Waals surface area contributed by atoms with E-state index in [2.05, 4.69) is 154 Å². The third-order valence-corrected chi connectivity index (χ3v) is 19.7. The van der Waals surface area contributed by atoms with Crippen LogP contribution in [0.4, 0.5) is 23.7 Å². The summed E-state index contributed by atoms with van der Waals surface area (Å²) in [6.07, 6.45) is 5.68. The van der Waals surface area contributed by atoms with Crippen LogP contribution < -0.4 is 122 Å². The van der Waals surface area contributed by atoms with Crippen molar-refractivity contribution in [3.63, 3.8) is 0 Å². The van der Waals surface area contributed by atoms with Gasteiger partial charge in [-0.3, -0.25) is 38.9 Å². The number of halogens is 5. The van der Waals surface area contributed by atoms with Crippen LogP contribution in [0.5, 0.6) is 34.5 Å². The van der Waals surface area contributed by atoms with Gasteiger partial charge in [0.15, 0.2) is 5.96 Å². The third kappa shape index (κ3) is 59.6. The molecule has 41 nitrogen and oxygen atoms in total. The summed E-state index contributed by atoms with van der Waals surface area (Å²) in [6.45, 7) is 19.8. The Morgan fingerprint density at radius 1 is 0.513 bits per heavy atom. The molecule has 4 radical (unpaired) electrons. The number of ketones is 2. The summed E-state index contributed by atoms with van der Waals surface area (Å²) < 4.78 is 81.2. The quantitative estimate of drug-likeness (QED) is 0.00156. The smallest absolute Gasteiger partial charge is 1.00 e. The topological polar surface area (TPSA) is 619 Å². The summed E-state index contributed by atoms with van der Waals surface area (Å²) in [5.41, 5.74) is 42.2. The molecule has 3 aromatic heterocycles. The number of guanidine groups is 1. The molecule has 0 aliphatic heterocycles. The van der Waals surface area contributed by atoms with Crippen molar-refractivity contribution >= 4 is 193 Å². The Morgan fingerprint density at radius 3 is 1.12 bits per heavy atom. The van der Waals surface area contributed by atoms with Crippen molar-refractivity contribution in [3.05, 3.63) is 225 Å². The van der Waals surface area contributed by atoms with Crippen LogP contribution in [-0.2, 0) is 92.7 Å². The Morgan fingerprint density at radius 2 is 0.820 bits per heavy atom. The summed E-state index contributed by atoms with van der Waals surface area (Å²) in [6, 6.07) is 30.2. The van der Waals surface area contributed by atoms with Gasteiger partial charge < -0.3 is 109 Å². The van der Waals surface area contributed by atoms with E-state index in [0.717, 1.165) is 76.5 Å². The van der Waals surface area contributed by atoms with Crippen LogP contribution in [-0.4, -0.2) is 232 Å². The molecule has 0 aliphatic carbocycles. The zero-order chi connectivity index (χ0) is 111. The number of aryl methyl sites for hydroxylation is 4. The average molecular weight is 2300 g/mol. The Bertz CT molecular complexity index is 5840. The minimum Gasteiger partial charge on any atom is -1.00 e. The van der Waals surface area contributed by atoms with E-state index >= 15 is 0 Å². The monoisotopic (exact) mass is 2290 g/mol. The van der Waals surface area contributed by atoms with Crippen molar-refractivity contribution in [2.75, 3.05) is 134 Å². The van der Waals surface area contributed by atoms with Crippen LogP contribution in [0.3, 0.4) is 0 Å². The molecule has 0 bridgehead atoms. The number of ether oxygens (including phenoxy) is 14. The minimum absolute atomic E-state index is 0. The van der Waals surface area contributed by atoms with Gasteiger partial charge in [-0.1, -0.05) is 69.1 Å². The summed E-state index contributed by atoms with van der Waals surface area (Å²) in [7, 11) is 21.7. The Balaban J connectivity index is -0.000000220. The molecule has 1 atom stereocenters. The standard InChI is InChI=1S/C19H26N4O3.C16H20O6.C15H16ClN3O3.C15H17N3O4.C10H11BrO3.C10H12O3.C6H10O3.C4H11N.CH5N3.2CH4.Al.BHNS.Cl3OP.Li.Na.2H/c1-5-6-9-21-17-15(12(2)22-19(20)23-17)11-14-10-13(18(24)26-4)7-8-16(14)25-3;1-5-22-16(19)13(10(2)17)9-12-8-11(15(18)21-4)6-7-14(12)20-3;1-8-11(13(16)19-15(17)18-8)7-10-6-9(14(20)22-3)4-5-12(10)21-2;1-8-11(13(19)18-15(16)17-8)7-10-6-9(14(20)22-3)4-5-12(10)21-2;1-13-9-4-3-7(10(12)14-2)5-8(9)6-11;1-7-6-8(10(11)13-3)4-5-9(7)12-2;1-3-9-6(8)4-5(2)7;1-2-3-4-5;2-1(3)4;;;;1-2-3;1-5(2,3)4;;;;/h7-8,10H,5-6,9,11H2,1-4H3,(H3,20,21,22,23);6-8,13H,5,9H2,1-4H3;4-6H,7H2,1-3H3,(H2,17,18,19);4-6H,7H2,1-3H3,(H3,16,17,18,19);3-5H,6H2,1-2H3;4-6H,1-3H3;3-4H2,1-2H3;2-5H2,1H3;(H5,2,3,4);2*1H4;;3H;;;;;/q;;;;;;;;;;;;;;2*+1;2*-1. The number of benzene rings is 6. The molecule has 9 rings (SSSR count). The number of unbranched alkanes of at least 4 members (excludes halogenated alkanes) is 2. The van der Waals surface area contributed by atoms with Gasteiger partial charge in [-0.25, -0.2) is 48.7 Å². The fraction of sp³-hybridized carbons (Fsp3) is 0.398. The number of hydrogen-bond donors (Lipinski definition) is 10. The molecule has 816 valence electrons. The molecule has 15 N–H and O–H groups in total. The van der Waals surface area contributed by atoms with Gasteiger partial charge in [0.25, 0.3) is 5.56 Å². The van der Waals surface area contributed by atoms with E-state index in [0.29, 0.717) is 115 Å². The van der Waals surface area contributed by atoms with Crippen molar-refractivity contribution in [1.29, 1.82) is 5.41 Å². The van der Waals surface area contributed by atoms with Gasteiger partial charge in [0.05, 0.1) is 138 Å². The third-order valence-electron chi connectivity index (χ3n) is 18.8. The number of rotatable bonds is 33. The summed E-state index contributed by atoms with van der Waals surface area (Å²) >= 11 is 26.5. The Kier molecular flexibility index (Phi) is 85.5. The van der Waals surface area contributed by atoms with Gasteiger partial charge in [-0.05, 0) is 252 Å². The number of nitrogens with zero attached hydrogens (tertiary/aromatic N) is 6. The predicted molar refractivity (Wildman–Crippen MR) is 587 cm³/mol. The maximum Gasteiger partial charge on any atom is 1.00 e. The Labute approximate surface area is 959 Å². The predicted octanol–water partition coefficient (Wildman–Crippen LogP) is 10.6. The fourth-order valence-electron chi connectivity index (χ4n) is 11.9. The number of Topliss-reactive ketones (excluding diaryl/α,β-unsaturated/α-hetero) is 2. The van der Waals surface area contributed by atoms with Gasteiger partial charge in [-0.15, -0.1) is 0 Å². The van der Waals surface area contributed by atoms with Gasteiger partial charge in [0.1, 0.15) is 69.4 Å². The zero-order valence-corrected chi connectivity index (χ0v) is 97.1. The molecule has 0 aliphatic rings. The number of thiol groups is 1. The number of hydrogen-bond acceptors (Lipinski definition) is 39. The number of nitrogen functional groups attached to an aromatic ring is 3. The first-order chi connectivity index (χ1) is 68.5. The first-order valence-electron chi connectivity index (χ1n) is 43.4. The van der Waals surface area contributed by atoms with Crippen LogP contribution in [0.2, 0.25) is 5.15 Å². The van der Waals surface area contributed by atoms with Crippen molar-refractivity contribution in [2.24, 2.45) is 27.4 Å². The summed E-state index contributed by atoms with van der Waals surface area (Å²) in [5, 5.41) is 7.10. The first kappa shape index (κ1) is 152. The largest absolute Gasteiger partial charge is 1.00 e. The van der Waals surface area contributed by atoms with Crippen LogP contribution in [0.15, 0.2) is 118 Å². The SMILES string of the molecule is C.C.CCCCN.CCCCNc1nc(N)nc(C)c1Cc1cc(C(=O)OC)ccc1OC.CCOC(=O)C(Cc1cc(C(=O)OC)ccc1OC)C(C)=O.CCOC(=O)CC(C)=O.COC(=O)c1ccc(OC)c(C)c1.COC(=O)c1ccc(OC)c(CBr)c1.COC(=O)c1ccc(OC)c(Cc2c(C)nc(N)[nH]c2=O)c1.COC(=O)c1ccc(OC)c(Cc2c(C)nc(N)nc2Cl)c1.N=C(N)N.O=P(Cl)(Cl)Cl.[Al].[B]=NS.[H-].[H-].[Li+].[Na+]. The number of esters is 8.